The fourth-order valence-electron chi connectivity index (χ4n) is 3.60. The first-order chi connectivity index (χ1) is 10.8. The summed E-state index contributed by atoms with van der Waals surface area (Å²) in [5, 5.41) is 0. The van der Waals surface area contributed by atoms with Crippen molar-refractivity contribution in [1.82, 2.24) is 0 Å². The Morgan fingerprint density at radius 1 is 1.23 bits per heavy atom. The van der Waals surface area contributed by atoms with Gasteiger partial charge < -0.3 is 5.73 Å². The molecule has 2 rings (SSSR count). The summed E-state index contributed by atoms with van der Waals surface area (Å²) in [6, 6.07) is 7.14. The van der Waals surface area contributed by atoms with Gasteiger partial charge in [-0.25, -0.2) is 0 Å². The van der Waals surface area contributed by atoms with E-state index < -0.39 is 0 Å². The van der Waals surface area contributed by atoms with Gasteiger partial charge in [-0.05, 0) is 67.2 Å². The lowest BCUT2D eigenvalue weighted by atomic mass is 9.81. The Hall–Kier alpha value is -1.08. The van der Waals surface area contributed by atoms with Crippen LogP contribution in [0.4, 0.5) is 0 Å². The number of nitrogens with two attached hydrogens (primary N) is 1. The van der Waals surface area contributed by atoms with Crippen molar-refractivity contribution in [3.63, 3.8) is 0 Å². The van der Waals surface area contributed by atoms with E-state index in [1.807, 2.05) is 0 Å². The van der Waals surface area contributed by atoms with E-state index in [-0.39, 0.29) is 0 Å². The summed E-state index contributed by atoms with van der Waals surface area (Å²) in [7, 11) is 0. The molecule has 1 aromatic carbocycles. The third-order valence-electron chi connectivity index (χ3n) is 5.02. The van der Waals surface area contributed by atoms with E-state index in [1.54, 1.807) is 11.1 Å². The van der Waals surface area contributed by atoms with E-state index in [0.717, 1.165) is 12.5 Å². The van der Waals surface area contributed by atoms with Gasteiger partial charge in [0.1, 0.15) is 0 Å². The Morgan fingerprint density at radius 2 is 2.09 bits per heavy atom. The monoisotopic (exact) mass is 299 g/mol. The highest BCUT2D eigenvalue weighted by Crippen LogP contribution is 2.30. The number of aryl methyl sites for hydroxylation is 1. The quantitative estimate of drug-likeness (QED) is 0.506. The van der Waals surface area contributed by atoms with E-state index in [0.29, 0.717) is 5.92 Å². The van der Waals surface area contributed by atoms with Crippen LogP contribution in [0.3, 0.4) is 0 Å². The van der Waals surface area contributed by atoms with E-state index in [2.05, 4.69) is 44.2 Å². The topological polar surface area (TPSA) is 26.0 Å². The van der Waals surface area contributed by atoms with Gasteiger partial charge in [-0.2, -0.15) is 0 Å². The van der Waals surface area contributed by atoms with Crippen LogP contribution >= 0.6 is 0 Å². The van der Waals surface area contributed by atoms with Crippen LogP contribution in [0.2, 0.25) is 0 Å². The first kappa shape index (κ1) is 17.3. The Kier molecular flexibility index (Phi) is 7.18. The third-order valence-corrected chi connectivity index (χ3v) is 5.02. The van der Waals surface area contributed by atoms with Crippen molar-refractivity contribution in [2.45, 2.75) is 71.1 Å². The molecule has 1 aliphatic rings. The molecule has 0 aromatic heterocycles. The van der Waals surface area contributed by atoms with Crippen LogP contribution in [0.1, 0.15) is 75.0 Å². The molecule has 2 atom stereocenters. The van der Waals surface area contributed by atoms with Crippen LogP contribution in [0.25, 0.3) is 0 Å². The Morgan fingerprint density at radius 3 is 2.82 bits per heavy atom. The van der Waals surface area contributed by atoms with E-state index in [4.69, 9.17) is 5.73 Å². The molecule has 22 heavy (non-hydrogen) atoms. The molecule has 0 saturated carbocycles. The van der Waals surface area contributed by atoms with Gasteiger partial charge in [-0.3, -0.25) is 0 Å². The van der Waals surface area contributed by atoms with Crippen molar-refractivity contribution >= 4 is 0 Å². The normalized spacial score (nSPS) is 19.3. The van der Waals surface area contributed by atoms with Gasteiger partial charge in [0.25, 0.3) is 0 Å². The number of hydrogen-bond acceptors (Lipinski definition) is 1. The average Bonchev–Trinajstić information content (AvgIpc) is 2.56. The molecule has 0 heterocycles. The summed E-state index contributed by atoms with van der Waals surface area (Å²) in [5.41, 5.74) is 10.6. The maximum Gasteiger partial charge on any atom is -0.000824 e. The lowest BCUT2D eigenvalue weighted by molar-refractivity contribution is 0.548. The minimum absolute atomic E-state index is 0.543. The second-order valence-corrected chi connectivity index (χ2v) is 6.82. The first-order valence-corrected chi connectivity index (χ1v) is 9.26. The summed E-state index contributed by atoms with van der Waals surface area (Å²) in [5.74, 6) is 1.29. The minimum Gasteiger partial charge on any atom is -0.330 e. The molecule has 0 radical (unpaired) electrons. The number of unbranched alkanes of at least 4 members (excludes halogenated alkanes) is 2. The molecular weight excluding hydrogens is 266 g/mol. The van der Waals surface area contributed by atoms with Gasteiger partial charge in [0.15, 0.2) is 0 Å². The molecular formula is C21H33N. The van der Waals surface area contributed by atoms with Gasteiger partial charge in [0.2, 0.25) is 0 Å². The summed E-state index contributed by atoms with van der Waals surface area (Å²) in [4.78, 5) is 0. The van der Waals surface area contributed by atoms with Gasteiger partial charge in [0, 0.05) is 0 Å². The van der Waals surface area contributed by atoms with Crippen LogP contribution in [0, 0.1) is 5.92 Å². The SMILES string of the molecule is CCCC/C=C\[C@H]1CCc2cc(C(CN)CCC)ccc2C1. The summed E-state index contributed by atoms with van der Waals surface area (Å²) >= 11 is 0. The highest BCUT2D eigenvalue weighted by Gasteiger charge is 2.18. The fraction of sp³-hybridized carbons (Fsp3) is 0.619. The predicted molar refractivity (Wildman–Crippen MR) is 97.3 cm³/mol. The second kappa shape index (κ2) is 9.15. The zero-order valence-corrected chi connectivity index (χ0v) is 14.5. The molecule has 1 nitrogen and oxygen atoms in total. The van der Waals surface area contributed by atoms with Crippen molar-refractivity contribution in [2.24, 2.45) is 11.7 Å². The van der Waals surface area contributed by atoms with Crippen molar-refractivity contribution in [2.75, 3.05) is 6.54 Å². The molecule has 1 unspecified atom stereocenters. The zero-order valence-electron chi connectivity index (χ0n) is 14.5. The third kappa shape index (κ3) is 4.71. The lowest BCUT2D eigenvalue weighted by Crippen LogP contribution is -2.16. The maximum absolute atomic E-state index is 5.96. The minimum atomic E-state index is 0.543. The number of allylic oxidation sites excluding steroid dienone is 2. The number of rotatable bonds is 8. The zero-order chi connectivity index (χ0) is 15.8. The molecule has 0 bridgehead atoms. The molecule has 2 N–H and O–H groups in total. The Labute approximate surface area is 137 Å². The lowest BCUT2D eigenvalue weighted by Gasteiger charge is -2.24. The van der Waals surface area contributed by atoms with Crippen molar-refractivity contribution in [1.29, 1.82) is 0 Å². The Bertz CT molecular complexity index is 475. The smallest absolute Gasteiger partial charge is 0.000824 e. The first-order valence-electron chi connectivity index (χ1n) is 9.26. The largest absolute Gasteiger partial charge is 0.330 e. The van der Waals surface area contributed by atoms with Crippen LogP contribution < -0.4 is 5.73 Å². The van der Waals surface area contributed by atoms with Crippen molar-refractivity contribution in [3.05, 3.63) is 47.0 Å². The van der Waals surface area contributed by atoms with Gasteiger partial charge in [-0.1, -0.05) is 63.5 Å². The van der Waals surface area contributed by atoms with Gasteiger partial charge in [-0.15, -0.1) is 0 Å². The van der Waals surface area contributed by atoms with E-state index in [9.17, 15) is 0 Å². The molecule has 0 aliphatic heterocycles. The number of fused-ring (bicyclic) bond motifs is 1. The second-order valence-electron chi connectivity index (χ2n) is 6.82. The summed E-state index contributed by atoms with van der Waals surface area (Å²) in [6.07, 6.45) is 14.9. The molecule has 1 aliphatic carbocycles. The van der Waals surface area contributed by atoms with Crippen molar-refractivity contribution in [3.8, 4) is 0 Å². The van der Waals surface area contributed by atoms with Gasteiger partial charge in [0.05, 0.1) is 0 Å². The molecule has 1 heteroatoms. The highest BCUT2D eigenvalue weighted by atomic mass is 14.5. The summed E-state index contributed by atoms with van der Waals surface area (Å²) in [6.45, 7) is 5.28. The highest BCUT2D eigenvalue weighted by molar-refractivity contribution is 5.36. The van der Waals surface area contributed by atoms with E-state index in [1.165, 1.54) is 56.9 Å². The molecule has 122 valence electrons. The summed E-state index contributed by atoms with van der Waals surface area (Å²) < 4.78 is 0. The number of benzene rings is 1. The van der Waals surface area contributed by atoms with Crippen LogP contribution in [0.15, 0.2) is 30.4 Å². The van der Waals surface area contributed by atoms with Crippen molar-refractivity contribution < 1.29 is 0 Å². The molecule has 0 spiro atoms. The maximum atomic E-state index is 5.96. The predicted octanol–water partition coefficient (Wildman–Crippen LogP) is 5.38. The molecule has 0 saturated heterocycles. The van der Waals surface area contributed by atoms with Crippen LogP contribution in [0.5, 0.6) is 0 Å². The molecule has 0 fully saturated rings. The Balaban J connectivity index is 2.00. The van der Waals surface area contributed by atoms with Crippen LogP contribution in [-0.4, -0.2) is 6.54 Å². The molecule has 0 amide bonds. The van der Waals surface area contributed by atoms with E-state index >= 15 is 0 Å². The standard InChI is InChI=1S/C21H33N/c1-3-5-6-7-9-17-10-11-19-15-20(13-12-18(19)14-17)21(16-22)8-4-2/h7,9,12-13,15,17,21H,3-6,8,10-11,14,16,22H2,1-2H3/b9-7-/t17-,21?/m0/s1. The number of hydrogen-bond donors (Lipinski definition) is 1. The van der Waals surface area contributed by atoms with Gasteiger partial charge >= 0.3 is 0 Å². The van der Waals surface area contributed by atoms with Crippen LogP contribution in [-0.2, 0) is 12.8 Å². The fourth-order valence-corrected chi connectivity index (χ4v) is 3.60. The average molecular weight is 300 g/mol. The molecule has 1 aromatic rings.